The maximum atomic E-state index is 11.9. The quantitative estimate of drug-likeness (QED) is 0.780. The number of piperidine rings is 1. The van der Waals surface area contributed by atoms with Gasteiger partial charge in [0.2, 0.25) is 5.91 Å². The lowest BCUT2D eigenvalue weighted by Crippen LogP contribution is -2.38. The van der Waals surface area contributed by atoms with Gasteiger partial charge < -0.3 is 10.6 Å². The molecule has 5 nitrogen and oxygen atoms in total. The number of hydrogen-bond donors (Lipinski definition) is 2. The smallest absolute Gasteiger partial charge is 0.223 e. The van der Waals surface area contributed by atoms with Crippen molar-refractivity contribution < 1.29 is 4.79 Å². The van der Waals surface area contributed by atoms with E-state index in [2.05, 4.69) is 28.7 Å². The summed E-state index contributed by atoms with van der Waals surface area (Å²) in [6.07, 6.45) is 2.85. The van der Waals surface area contributed by atoms with Crippen molar-refractivity contribution >= 4 is 5.91 Å². The summed E-state index contributed by atoms with van der Waals surface area (Å²) in [4.78, 5) is 11.9. The number of hydrogen-bond acceptors (Lipinski definition) is 3. The second kappa shape index (κ2) is 6.70. The first-order chi connectivity index (χ1) is 9.16. The lowest BCUT2D eigenvalue weighted by atomic mass is 9.97. The van der Waals surface area contributed by atoms with Gasteiger partial charge in [-0.1, -0.05) is 0 Å². The van der Waals surface area contributed by atoms with Gasteiger partial charge in [-0.3, -0.25) is 9.48 Å². The fourth-order valence-corrected chi connectivity index (χ4v) is 2.57. The van der Waals surface area contributed by atoms with Crippen LogP contribution in [0.25, 0.3) is 0 Å². The Morgan fingerprint density at radius 1 is 1.47 bits per heavy atom. The lowest BCUT2D eigenvalue weighted by molar-refractivity contribution is -0.125. The first-order valence-electron chi connectivity index (χ1n) is 7.16. The molecule has 0 unspecified atom stereocenters. The predicted octanol–water partition coefficient (Wildman–Crippen LogP) is 1.01. The van der Waals surface area contributed by atoms with Gasteiger partial charge in [-0.15, -0.1) is 0 Å². The maximum absolute atomic E-state index is 11.9. The molecule has 1 aromatic rings. The largest absolute Gasteiger partial charge is 0.356 e. The van der Waals surface area contributed by atoms with Crippen LogP contribution in [-0.4, -0.2) is 35.3 Å². The molecule has 0 radical (unpaired) electrons. The summed E-state index contributed by atoms with van der Waals surface area (Å²) in [6, 6.07) is 2.08. The molecule has 0 spiro atoms. The summed E-state index contributed by atoms with van der Waals surface area (Å²) in [5.74, 6) is 0.421. The Balaban J connectivity index is 1.66. The molecule has 1 aliphatic rings. The molecule has 0 saturated carbocycles. The van der Waals surface area contributed by atoms with Crippen LogP contribution < -0.4 is 10.6 Å². The number of amides is 1. The van der Waals surface area contributed by atoms with Gasteiger partial charge in [-0.25, -0.2) is 0 Å². The van der Waals surface area contributed by atoms with Crippen molar-refractivity contribution in [2.75, 3.05) is 19.6 Å². The van der Waals surface area contributed by atoms with E-state index in [4.69, 9.17) is 0 Å². The van der Waals surface area contributed by atoms with Crippen LogP contribution in [0.3, 0.4) is 0 Å². The number of carbonyl (C=O) groups is 1. The normalized spacial score (nSPS) is 16.5. The molecular formula is C14H24N4O. The molecule has 0 aliphatic carbocycles. The fraction of sp³-hybridized carbons (Fsp3) is 0.714. The topological polar surface area (TPSA) is 59.0 Å². The van der Waals surface area contributed by atoms with Crippen LogP contribution in [0.1, 0.15) is 30.7 Å². The fourth-order valence-electron chi connectivity index (χ4n) is 2.57. The predicted molar refractivity (Wildman–Crippen MR) is 74.9 cm³/mol. The zero-order valence-electron chi connectivity index (χ0n) is 11.9. The Morgan fingerprint density at radius 2 is 2.21 bits per heavy atom. The standard InChI is InChI=1S/C14H24N4O/c1-11-10-12(2)18(17-11)9-3-6-16-14(19)13-4-7-15-8-5-13/h10,13,15H,3-9H2,1-2H3,(H,16,19). The Hall–Kier alpha value is -1.36. The molecule has 1 saturated heterocycles. The van der Waals surface area contributed by atoms with Gasteiger partial charge in [0.15, 0.2) is 0 Å². The number of rotatable bonds is 5. The highest BCUT2D eigenvalue weighted by Gasteiger charge is 2.19. The van der Waals surface area contributed by atoms with Crippen LogP contribution in [0.5, 0.6) is 0 Å². The third-order valence-electron chi connectivity index (χ3n) is 3.66. The van der Waals surface area contributed by atoms with Crippen LogP contribution in [0, 0.1) is 19.8 Å². The minimum absolute atomic E-state index is 0.204. The van der Waals surface area contributed by atoms with Crippen LogP contribution in [-0.2, 0) is 11.3 Å². The molecule has 2 heterocycles. The average Bonchev–Trinajstić information content (AvgIpc) is 2.74. The first kappa shape index (κ1) is 14.1. The molecule has 2 N–H and O–H groups in total. The highest BCUT2D eigenvalue weighted by atomic mass is 16.1. The van der Waals surface area contributed by atoms with E-state index in [0.29, 0.717) is 0 Å². The van der Waals surface area contributed by atoms with Crippen molar-refractivity contribution in [1.82, 2.24) is 20.4 Å². The second-order valence-electron chi connectivity index (χ2n) is 5.32. The second-order valence-corrected chi connectivity index (χ2v) is 5.32. The SMILES string of the molecule is Cc1cc(C)n(CCCNC(=O)C2CCNCC2)n1. The average molecular weight is 264 g/mol. The minimum atomic E-state index is 0.204. The molecule has 5 heteroatoms. The molecule has 19 heavy (non-hydrogen) atoms. The number of nitrogens with zero attached hydrogens (tertiary/aromatic N) is 2. The van der Waals surface area contributed by atoms with Crippen LogP contribution in [0.2, 0.25) is 0 Å². The van der Waals surface area contributed by atoms with E-state index >= 15 is 0 Å². The van der Waals surface area contributed by atoms with E-state index in [-0.39, 0.29) is 11.8 Å². The van der Waals surface area contributed by atoms with E-state index in [1.54, 1.807) is 0 Å². The number of aromatic nitrogens is 2. The first-order valence-corrected chi connectivity index (χ1v) is 7.16. The molecule has 0 aromatic carbocycles. The van der Waals surface area contributed by atoms with Gasteiger partial charge in [-0.2, -0.15) is 5.10 Å². The monoisotopic (exact) mass is 264 g/mol. The zero-order valence-corrected chi connectivity index (χ0v) is 11.9. The van der Waals surface area contributed by atoms with Crippen molar-refractivity contribution in [3.05, 3.63) is 17.5 Å². The molecule has 1 fully saturated rings. The molecule has 0 bridgehead atoms. The van der Waals surface area contributed by atoms with Crippen molar-refractivity contribution in [3.63, 3.8) is 0 Å². The van der Waals surface area contributed by atoms with Gasteiger partial charge in [0.05, 0.1) is 5.69 Å². The van der Waals surface area contributed by atoms with Crippen molar-refractivity contribution in [2.24, 2.45) is 5.92 Å². The maximum Gasteiger partial charge on any atom is 0.223 e. The summed E-state index contributed by atoms with van der Waals surface area (Å²) < 4.78 is 2.01. The summed E-state index contributed by atoms with van der Waals surface area (Å²) >= 11 is 0. The molecule has 1 aliphatic heterocycles. The molecule has 1 aromatic heterocycles. The minimum Gasteiger partial charge on any atom is -0.356 e. The van der Waals surface area contributed by atoms with Crippen molar-refractivity contribution in [3.8, 4) is 0 Å². The van der Waals surface area contributed by atoms with Gasteiger partial charge in [-0.05, 0) is 52.3 Å². The zero-order chi connectivity index (χ0) is 13.7. The number of nitrogens with one attached hydrogen (secondary N) is 2. The van der Waals surface area contributed by atoms with Gasteiger partial charge in [0, 0.05) is 24.7 Å². The highest BCUT2D eigenvalue weighted by Crippen LogP contribution is 2.11. The molecule has 106 valence electrons. The molecular weight excluding hydrogens is 240 g/mol. The van der Waals surface area contributed by atoms with Crippen LogP contribution >= 0.6 is 0 Å². The van der Waals surface area contributed by atoms with Gasteiger partial charge in [0.25, 0.3) is 0 Å². The Morgan fingerprint density at radius 3 is 2.84 bits per heavy atom. The molecule has 2 rings (SSSR count). The van der Waals surface area contributed by atoms with Crippen molar-refractivity contribution in [1.29, 1.82) is 0 Å². The van der Waals surface area contributed by atoms with E-state index < -0.39 is 0 Å². The van der Waals surface area contributed by atoms with Gasteiger partial charge in [0.1, 0.15) is 0 Å². The van der Waals surface area contributed by atoms with Crippen molar-refractivity contribution in [2.45, 2.75) is 39.7 Å². The number of carbonyl (C=O) groups excluding carboxylic acids is 1. The summed E-state index contributed by atoms with van der Waals surface area (Å²) in [5.41, 5.74) is 2.23. The Labute approximate surface area is 114 Å². The van der Waals surface area contributed by atoms with E-state index in [1.807, 2.05) is 11.6 Å². The molecule has 1 amide bonds. The van der Waals surface area contributed by atoms with Crippen LogP contribution in [0.15, 0.2) is 6.07 Å². The lowest BCUT2D eigenvalue weighted by Gasteiger charge is -2.21. The third-order valence-corrected chi connectivity index (χ3v) is 3.66. The van der Waals surface area contributed by atoms with E-state index in [0.717, 1.165) is 51.1 Å². The van der Waals surface area contributed by atoms with Crippen LogP contribution in [0.4, 0.5) is 0 Å². The summed E-state index contributed by atoms with van der Waals surface area (Å²) in [5, 5.41) is 10.7. The summed E-state index contributed by atoms with van der Waals surface area (Å²) in [7, 11) is 0. The molecule has 0 atom stereocenters. The summed E-state index contributed by atoms with van der Waals surface area (Å²) in [6.45, 7) is 7.59. The van der Waals surface area contributed by atoms with Gasteiger partial charge >= 0.3 is 0 Å². The van der Waals surface area contributed by atoms with E-state index in [9.17, 15) is 4.79 Å². The number of aryl methyl sites for hydroxylation is 3. The Bertz CT molecular complexity index is 421. The van der Waals surface area contributed by atoms with E-state index in [1.165, 1.54) is 5.69 Å². The third kappa shape index (κ3) is 4.06. The highest BCUT2D eigenvalue weighted by molar-refractivity contribution is 5.78. The Kier molecular flexibility index (Phi) is 4.96.